The lowest BCUT2D eigenvalue weighted by molar-refractivity contribution is 0.0697. The molecule has 2 rings (SSSR count). The summed E-state index contributed by atoms with van der Waals surface area (Å²) >= 11 is 0. The van der Waals surface area contributed by atoms with Gasteiger partial charge < -0.3 is 5.11 Å². The van der Waals surface area contributed by atoms with Crippen molar-refractivity contribution in [2.45, 2.75) is 0 Å². The monoisotopic (exact) mass is 235 g/mol. The Hall–Kier alpha value is -2.30. The smallest absolute Gasteiger partial charge is 0.336 e. The summed E-state index contributed by atoms with van der Waals surface area (Å²) in [6.45, 7) is 0. The number of carboxylic acids is 1. The fourth-order valence-corrected chi connectivity index (χ4v) is 1.53. The minimum Gasteiger partial charge on any atom is -0.478 e. The van der Waals surface area contributed by atoms with Crippen LogP contribution in [0.4, 0.5) is 8.78 Å². The summed E-state index contributed by atoms with van der Waals surface area (Å²) in [4.78, 5) is 14.3. The average Bonchev–Trinajstić information content (AvgIpc) is 2.28. The first-order valence-corrected chi connectivity index (χ1v) is 4.73. The maximum atomic E-state index is 13.5. The molecule has 1 heterocycles. The van der Waals surface area contributed by atoms with E-state index >= 15 is 0 Å². The highest BCUT2D eigenvalue weighted by molar-refractivity contribution is 5.95. The highest BCUT2D eigenvalue weighted by Gasteiger charge is 2.17. The van der Waals surface area contributed by atoms with Crippen molar-refractivity contribution in [2.75, 3.05) is 0 Å². The Morgan fingerprint density at radius 3 is 2.65 bits per heavy atom. The van der Waals surface area contributed by atoms with Crippen LogP contribution in [0.15, 0.2) is 36.5 Å². The van der Waals surface area contributed by atoms with Crippen molar-refractivity contribution in [3.8, 4) is 11.1 Å². The summed E-state index contributed by atoms with van der Waals surface area (Å²) in [5, 5.41) is 8.93. The summed E-state index contributed by atoms with van der Waals surface area (Å²) < 4.78 is 26.6. The van der Waals surface area contributed by atoms with E-state index in [9.17, 15) is 13.6 Å². The van der Waals surface area contributed by atoms with Gasteiger partial charge in [0, 0.05) is 6.20 Å². The number of hydrogen-bond acceptors (Lipinski definition) is 2. The first kappa shape index (κ1) is 11.2. The van der Waals surface area contributed by atoms with Gasteiger partial charge in [-0.25, -0.2) is 14.2 Å². The van der Waals surface area contributed by atoms with E-state index in [1.807, 2.05) is 0 Å². The van der Waals surface area contributed by atoms with E-state index in [-0.39, 0.29) is 16.7 Å². The van der Waals surface area contributed by atoms with Crippen LogP contribution in [0.1, 0.15) is 10.4 Å². The number of carbonyl (C=O) groups is 1. The lowest BCUT2D eigenvalue weighted by Gasteiger charge is -2.06. The Morgan fingerprint density at radius 1 is 1.24 bits per heavy atom. The predicted octanol–water partition coefficient (Wildman–Crippen LogP) is 2.73. The van der Waals surface area contributed by atoms with Crippen LogP contribution in [-0.4, -0.2) is 16.1 Å². The van der Waals surface area contributed by atoms with Gasteiger partial charge in [0.15, 0.2) is 0 Å². The van der Waals surface area contributed by atoms with Gasteiger partial charge in [0.25, 0.3) is 0 Å². The van der Waals surface area contributed by atoms with Crippen LogP contribution in [0.25, 0.3) is 11.1 Å². The van der Waals surface area contributed by atoms with E-state index in [4.69, 9.17) is 5.11 Å². The second-order valence-corrected chi connectivity index (χ2v) is 3.34. The van der Waals surface area contributed by atoms with Gasteiger partial charge in [-0.15, -0.1) is 0 Å². The minimum absolute atomic E-state index is 0.146. The van der Waals surface area contributed by atoms with Crippen LogP contribution in [0.5, 0.6) is 0 Å². The molecule has 86 valence electrons. The number of halogens is 2. The molecule has 0 amide bonds. The van der Waals surface area contributed by atoms with E-state index in [1.165, 1.54) is 24.3 Å². The number of nitrogens with zero attached hydrogens (tertiary/aromatic N) is 1. The number of hydrogen-bond donors (Lipinski definition) is 1. The molecule has 1 N–H and O–H groups in total. The fraction of sp³-hybridized carbons (Fsp3) is 0. The molecular weight excluding hydrogens is 228 g/mol. The van der Waals surface area contributed by atoms with E-state index in [0.29, 0.717) is 0 Å². The van der Waals surface area contributed by atoms with Crippen LogP contribution < -0.4 is 0 Å². The summed E-state index contributed by atoms with van der Waals surface area (Å²) in [6, 6.07) is 6.23. The van der Waals surface area contributed by atoms with Gasteiger partial charge in [-0.1, -0.05) is 12.1 Å². The number of carboxylic acid groups (broad SMARTS) is 1. The van der Waals surface area contributed by atoms with E-state index in [0.717, 1.165) is 12.3 Å². The molecule has 0 fully saturated rings. The molecule has 2 aromatic rings. The quantitative estimate of drug-likeness (QED) is 0.814. The zero-order valence-electron chi connectivity index (χ0n) is 8.52. The van der Waals surface area contributed by atoms with Gasteiger partial charge in [-0.2, -0.15) is 4.39 Å². The SMILES string of the molecule is O=C(O)c1ccnc(F)c1-c1cccc(F)c1. The lowest BCUT2D eigenvalue weighted by Crippen LogP contribution is -2.03. The molecule has 0 saturated heterocycles. The van der Waals surface area contributed by atoms with E-state index in [1.54, 1.807) is 0 Å². The molecule has 0 aliphatic rings. The molecule has 1 aromatic carbocycles. The molecule has 1 aromatic heterocycles. The normalized spacial score (nSPS) is 10.2. The molecule has 0 saturated carbocycles. The van der Waals surface area contributed by atoms with Gasteiger partial charge in [0.2, 0.25) is 5.95 Å². The number of aromatic carboxylic acids is 1. The van der Waals surface area contributed by atoms with Crippen LogP contribution in [-0.2, 0) is 0 Å². The molecule has 3 nitrogen and oxygen atoms in total. The zero-order chi connectivity index (χ0) is 12.4. The predicted molar refractivity (Wildman–Crippen MR) is 56.5 cm³/mol. The van der Waals surface area contributed by atoms with Crippen LogP contribution >= 0.6 is 0 Å². The Bertz CT molecular complexity index is 584. The maximum Gasteiger partial charge on any atom is 0.336 e. The molecule has 0 aliphatic heterocycles. The Labute approximate surface area is 95.4 Å². The third-order valence-electron chi connectivity index (χ3n) is 2.25. The topological polar surface area (TPSA) is 50.2 Å². The van der Waals surface area contributed by atoms with Gasteiger partial charge in [-0.3, -0.25) is 0 Å². The Balaban J connectivity index is 2.70. The van der Waals surface area contributed by atoms with Crippen LogP contribution in [0.2, 0.25) is 0 Å². The van der Waals surface area contributed by atoms with E-state index < -0.39 is 17.7 Å². The third kappa shape index (κ3) is 2.13. The summed E-state index contributed by atoms with van der Waals surface area (Å²) in [5.74, 6) is -2.79. The lowest BCUT2D eigenvalue weighted by atomic mass is 10.0. The van der Waals surface area contributed by atoms with Gasteiger partial charge in [-0.05, 0) is 23.8 Å². The summed E-state index contributed by atoms with van der Waals surface area (Å²) in [7, 11) is 0. The second kappa shape index (κ2) is 4.29. The van der Waals surface area contributed by atoms with Gasteiger partial charge in [0.05, 0.1) is 11.1 Å². The second-order valence-electron chi connectivity index (χ2n) is 3.34. The van der Waals surface area contributed by atoms with Crippen molar-refractivity contribution in [2.24, 2.45) is 0 Å². The molecule has 0 unspecified atom stereocenters. The Kier molecular flexibility index (Phi) is 2.82. The molecular formula is C12H7F2NO2. The molecule has 0 radical (unpaired) electrons. The molecule has 0 bridgehead atoms. The average molecular weight is 235 g/mol. The Morgan fingerprint density at radius 2 is 2.00 bits per heavy atom. The largest absolute Gasteiger partial charge is 0.478 e. The number of pyridine rings is 1. The summed E-state index contributed by atoms with van der Waals surface area (Å²) in [6.07, 6.45) is 1.06. The third-order valence-corrected chi connectivity index (χ3v) is 2.25. The summed E-state index contributed by atoms with van der Waals surface area (Å²) in [5.41, 5.74) is -0.310. The van der Waals surface area contributed by atoms with E-state index in [2.05, 4.69) is 4.98 Å². The first-order valence-electron chi connectivity index (χ1n) is 4.73. The highest BCUT2D eigenvalue weighted by atomic mass is 19.1. The van der Waals surface area contributed by atoms with Crippen molar-refractivity contribution in [1.82, 2.24) is 4.98 Å². The van der Waals surface area contributed by atoms with Crippen molar-refractivity contribution < 1.29 is 18.7 Å². The van der Waals surface area contributed by atoms with Crippen molar-refractivity contribution in [3.05, 3.63) is 53.9 Å². The van der Waals surface area contributed by atoms with Crippen molar-refractivity contribution >= 4 is 5.97 Å². The molecule has 0 aliphatic carbocycles. The minimum atomic E-state index is -1.29. The number of benzene rings is 1. The molecule has 17 heavy (non-hydrogen) atoms. The maximum absolute atomic E-state index is 13.5. The van der Waals surface area contributed by atoms with Gasteiger partial charge >= 0.3 is 5.97 Å². The molecule has 0 atom stereocenters. The highest BCUT2D eigenvalue weighted by Crippen LogP contribution is 2.26. The van der Waals surface area contributed by atoms with Crippen LogP contribution in [0, 0.1) is 11.8 Å². The van der Waals surface area contributed by atoms with Crippen LogP contribution in [0.3, 0.4) is 0 Å². The van der Waals surface area contributed by atoms with Gasteiger partial charge in [0.1, 0.15) is 5.82 Å². The number of rotatable bonds is 2. The zero-order valence-corrected chi connectivity index (χ0v) is 8.52. The fourth-order valence-electron chi connectivity index (χ4n) is 1.53. The first-order chi connectivity index (χ1) is 8.09. The van der Waals surface area contributed by atoms with Crippen molar-refractivity contribution in [3.63, 3.8) is 0 Å². The molecule has 5 heteroatoms. The standard InChI is InChI=1S/C12H7F2NO2/c13-8-3-1-2-7(6-8)10-9(12(16)17)4-5-15-11(10)14/h1-6H,(H,16,17). The van der Waals surface area contributed by atoms with Crippen molar-refractivity contribution in [1.29, 1.82) is 0 Å². The number of aromatic nitrogens is 1. The molecule has 0 spiro atoms.